The summed E-state index contributed by atoms with van der Waals surface area (Å²) in [6.07, 6.45) is 1.94. The van der Waals surface area contributed by atoms with Gasteiger partial charge < -0.3 is 15.0 Å². The van der Waals surface area contributed by atoms with Crippen molar-refractivity contribution in [1.82, 2.24) is 10.3 Å². The van der Waals surface area contributed by atoms with Gasteiger partial charge in [0.2, 0.25) is 5.91 Å². The summed E-state index contributed by atoms with van der Waals surface area (Å²) in [7, 11) is 1.60. The Morgan fingerprint density at radius 2 is 2.04 bits per heavy atom. The molecule has 0 bridgehead atoms. The topological polar surface area (TPSA) is 54.1 Å². The van der Waals surface area contributed by atoms with Crippen molar-refractivity contribution in [3.63, 3.8) is 0 Å². The Bertz CT molecular complexity index is 842. The van der Waals surface area contributed by atoms with Crippen LogP contribution in [0.2, 0.25) is 0 Å². The molecular formula is C18H17FN2O2. The minimum Gasteiger partial charge on any atom is -0.496 e. The third-order valence-electron chi connectivity index (χ3n) is 3.75. The number of carbonyl (C=O) groups excluding carboxylic acids is 1. The summed E-state index contributed by atoms with van der Waals surface area (Å²) >= 11 is 0. The number of benzene rings is 2. The smallest absolute Gasteiger partial charge is 0.224 e. The number of hydrogen-bond donors (Lipinski definition) is 2. The maximum absolute atomic E-state index is 13.4. The van der Waals surface area contributed by atoms with E-state index in [1.165, 1.54) is 12.1 Å². The lowest BCUT2D eigenvalue weighted by Gasteiger charge is -2.09. The highest BCUT2D eigenvalue weighted by atomic mass is 19.1. The van der Waals surface area contributed by atoms with Gasteiger partial charge in [0.15, 0.2) is 0 Å². The molecule has 4 nitrogen and oxygen atoms in total. The van der Waals surface area contributed by atoms with Crippen LogP contribution >= 0.6 is 0 Å². The van der Waals surface area contributed by atoms with E-state index in [0.29, 0.717) is 6.54 Å². The molecule has 1 amide bonds. The predicted molar refractivity (Wildman–Crippen MR) is 86.8 cm³/mol. The number of fused-ring (bicyclic) bond motifs is 1. The van der Waals surface area contributed by atoms with Gasteiger partial charge in [0, 0.05) is 29.2 Å². The molecular weight excluding hydrogens is 295 g/mol. The highest BCUT2D eigenvalue weighted by Gasteiger charge is 2.10. The second-order valence-electron chi connectivity index (χ2n) is 5.27. The number of aromatic amines is 1. The zero-order valence-corrected chi connectivity index (χ0v) is 12.7. The molecule has 23 heavy (non-hydrogen) atoms. The summed E-state index contributed by atoms with van der Waals surface area (Å²) < 4.78 is 18.6. The Morgan fingerprint density at radius 3 is 2.87 bits per heavy atom. The highest BCUT2D eigenvalue weighted by molar-refractivity contribution is 5.88. The van der Waals surface area contributed by atoms with Crippen LogP contribution in [0.1, 0.15) is 11.1 Å². The van der Waals surface area contributed by atoms with Crippen LogP contribution in [0.25, 0.3) is 10.9 Å². The molecule has 5 heteroatoms. The first kappa shape index (κ1) is 15.1. The molecule has 0 aliphatic carbocycles. The molecule has 0 spiro atoms. The van der Waals surface area contributed by atoms with Gasteiger partial charge in [0.1, 0.15) is 11.6 Å². The van der Waals surface area contributed by atoms with E-state index in [1.807, 2.05) is 24.3 Å². The number of aromatic nitrogens is 1. The molecule has 2 aromatic carbocycles. The van der Waals surface area contributed by atoms with Crippen LogP contribution in [0.15, 0.2) is 48.7 Å². The highest BCUT2D eigenvalue weighted by Crippen LogP contribution is 2.20. The normalized spacial score (nSPS) is 10.7. The minimum atomic E-state index is -0.312. The maximum Gasteiger partial charge on any atom is 0.224 e. The molecule has 0 aliphatic rings. The van der Waals surface area contributed by atoms with Gasteiger partial charge in [-0.2, -0.15) is 0 Å². The molecule has 3 aromatic rings. The van der Waals surface area contributed by atoms with Gasteiger partial charge in [-0.25, -0.2) is 4.39 Å². The maximum atomic E-state index is 13.4. The molecule has 0 fully saturated rings. The van der Waals surface area contributed by atoms with E-state index in [4.69, 9.17) is 4.74 Å². The van der Waals surface area contributed by atoms with E-state index >= 15 is 0 Å². The van der Waals surface area contributed by atoms with E-state index in [9.17, 15) is 9.18 Å². The van der Waals surface area contributed by atoms with E-state index < -0.39 is 0 Å². The lowest BCUT2D eigenvalue weighted by molar-refractivity contribution is -0.120. The van der Waals surface area contributed by atoms with Crippen LogP contribution in [-0.4, -0.2) is 18.0 Å². The molecule has 1 aromatic heterocycles. The first-order valence-electron chi connectivity index (χ1n) is 7.31. The number of ether oxygens (including phenoxy) is 1. The van der Waals surface area contributed by atoms with Crippen LogP contribution in [0, 0.1) is 5.82 Å². The monoisotopic (exact) mass is 312 g/mol. The van der Waals surface area contributed by atoms with Gasteiger partial charge >= 0.3 is 0 Å². The van der Waals surface area contributed by atoms with Crippen molar-refractivity contribution >= 4 is 16.8 Å². The van der Waals surface area contributed by atoms with Crippen LogP contribution in [0.4, 0.5) is 4.39 Å². The number of amides is 1. The van der Waals surface area contributed by atoms with E-state index in [2.05, 4.69) is 10.3 Å². The second-order valence-corrected chi connectivity index (χ2v) is 5.27. The molecule has 0 unspecified atom stereocenters. The zero-order valence-electron chi connectivity index (χ0n) is 12.7. The summed E-state index contributed by atoms with van der Waals surface area (Å²) in [6, 6.07) is 12.0. The SMILES string of the molecule is COc1ccccc1CNC(=O)Cc1c[nH]c2ccc(F)cc12. The molecule has 3 rings (SSSR count). The Morgan fingerprint density at radius 1 is 1.22 bits per heavy atom. The van der Waals surface area contributed by atoms with Gasteiger partial charge in [-0.05, 0) is 29.8 Å². The summed E-state index contributed by atoms with van der Waals surface area (Å²) in [6.45, 7) is 0.388. The summed E-state index contributed by atoms with van der Waals surface area (Å²) in [5.41, 5.74) is 2.50. The second kappa shape index (κ2) is 6.52. The number of carbonyl (C=O) groups is 1. The zero-order chi connectivity index (χ0) is 16.2. The third kappa shape index (κ3) is 3.34. The van der Waals surface area contributed by atoms with Crippen LogP contribution in [-0.2, 0) is 17.8 Å². The Kier molecular flexibility index (Phi) is 4.28. The molecule has 1 heterocycles. The van der Waals surface area contributed by atoms with Gasteiger partial charge in [-0.3, -0.25) is 4.79 Å². The lowest BCUT2D eigenvalue weighted by Crippen LogP contribution is -2.24. The van der Waals surface area contributed by atoms with Crippen molar-refractivity contribution in [2.75, 3.05) is 7.11 Å². The van der Waals surface area contributed by atoms with E-state index in [1.54, 1.807) is 19.4 Å². The molecule has 2 N–H and O–H groups in total. The number of halogens is 1. The number of H-pyrrole nitrogens is 1. The molecule has 0 atom stereocenters. The molecule has 118 valence electrons. The van der Waals surface area contributed by atoms with E-state index in [0.717, 1.165) is 27.8 Å². The lowest BCUT2D eigenvalue weighted by atomic mass is 10.1. The number of methoxy groups -OCH3 is 1. The van der Waals surface area contributed by atoms with Crippen LogP contribution < -0.4 is 10.1 Å². The fraction of sp³-hybridized carbons (Fsp3) is 0.167. The first-order valence-corrected chi connectivity index (χ1v) is 7.31. The first-order chi connectivity index (χ1) is 11.2. The van der Waals surface area contributed by atoms with Crippen molar-refractivity contribution in [1.29, 1.82) is 0 Å². The van der Waals surface area contributed by atoms with Gasteiger partial charge in [-0.1, -0.05) is 18.2 Å². The minimum absolute atomic E-state index is 0.124. The van der Waals surface area contributed by atoms with Gasteiger partial charge in [0.25, 0.3) is 0 Å². The van der Waals surface area contributed by atoms with Crippen molar-refractivity contribution in [3.05, 3.63) is 65.6 Å². The molecule has 0 saturated heterocycles. The number of rotatable bonds is 5. The quantitative estimate of drug-likeness (QED) is 0.760. The van der Waals surface area contributed by atoms with Gasteiger partial charge in [0.05, 0.1) is 13.5 Å². The third-order valence-corrected chi connectivity index (χ3v) is 3.75. The predicted octanol–water partition coefficient (Wildman–Crippen LogP) is 3.17. The summed E-state index contributed by atoms with van der Waals surface area (Å²) in [4.78, 5) is 15.2. The number of nitrogens with one attached hydrogen (secondary N) is 2. The largest absolute Gasteiger partial charge is 0.496 e. The summed E-state index contributed by atoms with van der Waals surface area (Å²) in [5.74, 6) is 0.302. The Labute approximate surface area is 133 Å². The summed E-state index contributed by atoms with van der Waals surface area (Å²) in [5, 5.41) is 3.60. The average molecular weight is 312 g/mol. The number of para-hydroxylation sites is 1. The van der Waals surface area contributed by atoms with E-state index in [-0.39, 0.29) is 18.1 Å². The van der Waals surface area contributed by atoms with Gasteiger partial charge in [-0.15, -0.1) is 0 Å². The Hall–Kier alpha value is -2.82. The number of hydrogen-bond acceptors (Lipinski definition) is 2. The molecule has 0 saturated carbocycles. The Balaban J connectivity index is 1.68. The fourth-order valence-electron chi connectivity index (χ4n) is 2.58. The standard InChI is InChI=1S/C18H17FN2O2/c1-23-17-5-3-2-4-12(17)10-21-18(22)8-13-11-20-16-7-6-14(19)9-15(13)16/h2-7,9,11,20H,8,10H2,1H3,(H,21,22). The molecule has 0 radical (unpaired) electrons. The fourth-order valence-corrected chi connectivity index (χ4v) is 2.58. The van der Waals surface area contributed by atoms with Crippen molar-refractivity contribution in [2.24, 2.45) is 0 Å². The van der Waals surface area contributed by atoms with Crippen LogP contribution in [0.5, 0.6) is 5.75 Å². The van der Waals surface area contributed by atoms with Crippen molar-refractivity contribution < 1.29 is 13.9 Å². The average Bonchev–Trinajstić information content (AvgIpc) is 2.95. The van der Waals surface area contributed by atoms with Crippen LogP contribution in [0.3, 0.4) is 0 Å². The molecule has 0 aliphatic heterocycles. The van der Waals surface area contributed by atoms with Crippen molar-refractivity contribution in [3.8, 4) is 5.75 Å². The van der Waals surface area contributed by atoms with Crippen molar-refractivity contribution in [2.45, 2.75) is 13.0 Å².